The van der Waals surface area contributed by atoms with Crippen LogP contribution in [0.3, 0.4) is 0 Å². The molecule has 0 bridgehead atoms. The second-order valence-electron chi connectivity index (χ2n) is 10.5. The summed E-state index contributed by atoms with van der Waals surface area (Å²) in [6.07, 6.45) is 4.77. The van der Waals surface area contributed by atoms with Crippen LogP contribution >= 0.6 is 0 Å². The van der Waals surface area contributed by atoms with Gasteiger partial charge < -0.3 is 20.4 Å². The molecule has 0 aromatic heterocycles. The van der Waals surface area contributed by atoms with Crippen molar-refractivity contribution < 1.29 is 30.0 Å². The highest BCUT2D eigenvalue weighted by molar-refractivity contribution is 6.06. The lowest BCUT2D eigenvalue weighted by Gasteiger charge is -2.36. The molecule has 1 aliphatic heterocycles. The molecule has 0 unspecified atom stereocenters. The molecule has 2 aromatic rings. The van der Waals surface area contributed by atoms with Crippen molar-refractivity contribution >= 4 is 28.7 Å². The molecule has 0 radical (unpaired) electrons. The van der Waals surface area contributed by atoms with Crippen LogP contribution in [0.25, 0.3) is 16.8 Å². The summed E-state index contributed by atoms with van der Waals surface area (Å²) in [7, 11) is 0. The van der Waals surface area contributed by atoms with E-state index in [1.165, 1.54) is 4.90 Å². The van der Waals surface area contributed by atoms with Crippen molar-refractivity contribution in [2.24, 2.45) is 17.8 Å². The summed E-state index contributed by atoms with van der Waals surface area (Å²) in [4.78, 5) is 27.4. The average Bonchev–Trinajstić information content (AvgIpc) is 3.16. The fourth-order valence-corrected chi connectivity index (χ4v) is 6.33. The van der Waals surface area contributed by atoms with E-state index in [1.54, 1.807) is 6.07 Å². The van der Waals surface area contributed by atoms with Crippen molar-refractivity contribution in [3.05, 3.63) is 58.7 Å². The molecule has 7 nitrogen and oxygen atoms in total. The van der Waals surface area contributed by atoms with E-state index in [0.29, 0.717) is 37.0 Å². The summed E-state index contributed by atoms with van der Waals surface area (Å²) in [6, 6.07) is 11.3. The molecular formula is C31H39NO6. The second-order valence-corrected chi connectivity index (χ2v) is 10.5. The summed E-state index contributed by atoms with van der Waals surface area (Å²) in [5.74, 6) is -2.28. The number of imide groups is 1. The first-order chi connectivity index (χ1) is 18.4. The van der Waals surface area contributed by atoms with E-state index in [-0.39, 0.29) is 37.2 Å². The smallest absolute Gasteiger partial charge is 0.233 e. The van der Waals surface area contributed by atoms with Crippen molar-refractivity contribution in [3.63, 3.8) is 0 Å². The summed E-state index contributed by atoms with van der Waals surface area (Å²) in [5.41, 5.74) is 3.21. The third-order valence-corrected chi connectivity index (χ3v) is 8.07. The Kier molecular flexibility index (Phi) is 9.03. The molecule has 0 saturated carbocycles. The summed E-state index contributed by atoms with van der Waals surface area (Å²) in [6.45, 7) is 3.65. The van der Waals surface area contributed by atoms with Gasteiger partial charge in [0.05, 0.1) is 31.2 Å². The number of carbonyl (C=O) groups is 2. The van der Waals surface area contributed by atoms with Gasteiger partial charge in [0.15, 0.2) is 0 Å². The van der Waals surface area contributed by atoms with Gasteiger partial charge in [0.25, 0.3) is 0 Å². The van der Waals surface area contributed by atoms with Crippen LogP contribution in [0.5, 0.6) is 5.75 Å². The van der Waals surface area contributed by atoms with E-state index in [4.69, 9.17) is 0 Å². The largest absolute Gasteiger partial charge is 0.507 e. The lowest BCUT2D eigenvalue weighted by molar-refractivity contribution is -0.140. The molecule has 2 aliphatic rings. The Morgan fingerprint density at radius 1 is 1.03 bits per heavy atom. The number of likely N-dealkylation sites (tertiary alicyclic amines) is 1. The fraction of sp³-hybridized carbons (Fsp3) is 0.484. The van der Waals surface area contributed by atoms with Gasteiger partial charge in [0, 0.05) is 17.8 Å². The Balaban J connectivity index is 1.59. The van der Waals surface area contributed by atoms with Crippen LogP contribution in [0.15, 0.2) is 53.1 Å². The minimum atomic E-state index is -0.949. The van der Waals surface area contributed by atoms with Crippen LogP contribution in [0.2, 0.25) is 0 Å². The van der Waals surface area contributed by atoms with Gasteiger partial charge in [0.2, 0.25) is 11.8 Å². The molecule has 204 valence electrons. The highest BCUT2D eigenvalue weighted by Gasteiger charge is 2.54. The van der Waals surface area contributed by atoms with Gasteiger partial charge in [-0.3, -0.25) is 14.5 Å². The number of fused-ring (bicyclic) bond motifs is 2. The number of nitrogens with zero attached hydrogens (tertiary/aromatic N) is 1. The number of carbonyl (C=O) groups excluding carboxylic acids is 2. The number of benzene rings is 2. The summed E-state index contributed by atoms with van der Waals surface area (Å²) < 4.78 is 0. The number of hydrogen-bond acceptors (Lipinski definition) is 6. The van der Waals surface area contributed by atoms with Crippen molar-refractivity contribution in [1.82, 2.24) is 4.90 Å². The zero-order valence-corrected chi connectivity index (χ0v) is 22.3. The molecule has 1 aliphatic carbocycles. The van der Waals surface area contributed by atoms with Crippen LogP contribution < -0.4 is 0 Å². The van der Waals surface area contributed by atoms with E-state index in [1.807, 2.05) is 37.3 Å². The van der Waals surface area contributed by atoms with Crippen LogP contribution in [-0.4, -0.2) is 63.0 Å². The number of aliphatic hydroxyl groups is 3. The minimum Gasteiger partial charge on any atom is -0.507 e. The SMILES string of the molecule is CCC/C(=C\c1ccc(O)c2ccccc12)CC[C@@H](O)C1=C(CO)C[C@H]2C(=O)N(CCC)C(=O)[C@H]2[C@H]1CO. The fourth-order valence-electron chi connectivity index (χ4n) is 6.33. The lowest BCUT2D eigenvalue weighted by Crippen LogP contribution is -2.39. The van der Waals surface area contributed by atoms with Gasteiger partial charge in [-0.1, -0.05) is 62.2 Å². The van der Waals surface area contributed by atoms with Crippen molar-refractivity contribution in [1.29, 1.82) is 0 Å². The molecule has 2 amide bonds. The van der Waals surface area contributed by atoms with Gasteiger partial charge in [0.1, 0.15) is 5.75 Å². The zero-order chi connectivity index (χ0) is 27.4. The van der Waals surface area contributed by atoms with E-state index in [0.717, 1.165) is 34.8 Å². The Morgan fingerprint density at radius 3 is 2.42 bits per heavy atom. The van der Waals surface area contributed by atoms with Crippen LogP contribution in [0.1, 0.15) is 57.9 Å². The Hall–Kier alpha value is -3.00. The highest BCUT2D eigenvalue weighted by Crippen LogP contribution is 2.46. The maximum Gasteiger partial charge on any atom is 0.233 e. The Labute approximate surface area is 224 Å². The summed E-state index contributed by atoms with van der Waals surface area (Å²) in [5, 5.41) is 43.8. The zero-order valence-electron chi connectivity index (χ0n) is 22.3. The number of aliphatic hydroxyl groups excluding tert-OH is 3. The van der Waals surface area contributed by atoms with Crippen molar-refractivity contribution in [3.8, 4) is 5.75 Å². The van der Waals surface area contributed by atoms with Gasteiger partial charge in [-0.15, -0.1) is 0 Å². The number of phenolic OH excluding ortho intramolecular Hbond substituents is 1. The van der Waals surface area contributed by atoms with Crippen LogP contribution in [0.4, 0.5) is 0 Å². The summed E-state index contributed by atoms with van der Waals surface area (Å²) >= 11 is 0. The quantitative estimate of drug-likeness (QED) is 0.260. The number of amides is 2. The molecule has 1 saturated heterocycles. The normalized spacial score (nSPS) is 22.9. The molecule has 7 heteroatoms. The first-order valence-electron chi connectivity index (χ1n) is 13.7. The molecule has 38 heavy (non-hydrogen) atoms. The van der Waals surface area contributed by atoms with Gasteiger partial charge >= 0.3 is 0 Å². The Morgan fingerprint density at radius 2 is 1.76 bits per heavy atom. The molecule has 1 fully saturated rings. The number of rotatable bonds is 11. The molecule has 1 heterocycles. The average molecular weight is 522 g/mol. The third kappa shape index (κ3) is 5.28. The first-order valence-corrected chi connectivity index (χ1v) is 13.7. The van der Waals surface area contributed by atoms with Crippen LogP contribution in [-0.2, 0) is 9.59 Å². The van der Waals surface area contributed by atoms with E-state index < -0.39 is 23.9 Å². The van der Waals surface area contributed by atoms with Crippen molar-refractivity contribution in [2.45, 2.75) is 58.5 Å². The minimum absolute atomic E-state index is 0.228. The molecule has 0 spiro atoms. The van der Waals surface area contributed by atoms with E-state index in [9.17, 15) is 30.0 Å². The Bertz CT molecular complexity index is 1250. The predicted octanol–water partition coefficient (Wildman–Crippen LogP) is 4.18. The topological polar surface area (TPSA) is 118 Å². The number of aromatic hydroxyl groups is 1. The van der Waals surface area contributed by atoms with E-state index in [2.05, 4.69) is 13.0 Å². The third-order valence-electron chi connectivity index (χ3n) is 8.07. The molecule has 4 N–H and O–H groups in total. The lowest BCUT2D eigenvalue weighted by atomic mass is 9.68. The monoisotopic (exact) mass is 521 g/mol. The number of allylic oxidation sites excluding steroid dienone is 1. The second kappa shape index (κ2) is 12.2. The molecular weight excluding hydrogens is 482 g/mol. The number of phenols is 1. The molecule has 4 rings (SSSR count). The molecule has 4 atom stereocenters. The van der Waals surface area contributed by atoms with Crippen LogP contribution in [0, 0.1) is 17.8 Å². The first kappa shape index (κ1) is 28.0. The maximum atomic E-state index is 13.2. The van der Waals surface area contributed by atoms with E-state index >= 15 is 0 Å². The number of hydrogen-bond donors (Lipinski definition) is 4. The van der Waals surface area contributed by atoms with Crippen molar-refractivity contribution in [2.75, 3.05) is 19.8 Å². The van der Waals surface area contributed by atoms with Gasteiger partial charge in [-0.25, -0.2) is 0 Å². The maximum absolute atomic E-state index is 13.2. The molecule has 2 aromatic carbocycles. The van der Waals surface area contributed by atoms with Gasteiger partial charge in [-0.2, -0.15) is 0 Å². The standard InChI is InChI=1S/C31H39NO6/c1-3-7-19(15-20-11-13-26(35)23-9-6-5-8-22(20)23)10-12-27(36)28-21(17-33)16-24-29(25(28)18-34)31(38)32(14-4-2)30(24)37/h5-6,8-9,11,13,15,24-25,27,29,33-36H,3-4,7,10,12,14,16-18H2,1-2H3/b19-15+/t24-,25+,27-,29-/m1/s1. The van der Waals surface area contributed by atoms with Gasteiger partial charge in [-0.05, 0) is 60.3 Å². The highest BCUT2D eigenvalue weighted by atomic mass is 16.3. The predicted molar refractivity (Wildman–Crippen MR) is 147 cm³/mol.